The first kappa shape index (κ1) is 14.0. The highest BCUT2D eigenvalue weighted by Gasteiger charge is 2.11. The summed E-state index contributed by atoms with van der Waals surface area (Å²) < 4.78 is 1.14. The van der Waals surface area contributed by atoms with E-state index >= 15 is 0 Å². The molecule has 0 radical (unpaired) electrons. The Balaban J connectivity index is 2.11. The molecule has 0 atom stereocenters. The van der Waals surface area contributed by atoms with Crippen LogP contribution in [0.1, 0.15) is 11.8 Å². The van der Waals surface area contributed by atoms with Gasteiger partial charge in [0, 0.05) is 8.45 Å². The van der Waals surface area contributed by atoms with Gasteiger partial charge in [0.1, 0.15) is 10.6 Å². The van der Waals surface area contributed by atoms with Gasteiger partial charge in [-0.05, 0) is 58.8 Å². The Labute approximate surface area is 139 Å². The number of aryl methyl sites for hydroxylation is 1. The van der Waals surface area contributed by atoms with E-state index in [2.05, 4.69) is 50.9 Å². The summed E-state index contributed by atoms with van der Waals surface area (Å²) >= 11 is 9.98. The number of aromatic nitrogens is 2. The quantitative estimate of drug-likeness (QED) is 0.469. The maximum atomic E-state index is 6.02. The van der Waals surface area contributed by atoms with Crippen molar-refractivity contribution in [1.29, 1.82) is 0 Å². The molecule has 2 heterocycles. The molecule has 102 valence electrons. The van der Waals surface area contributed by atoms with E-state index in [0.29, 0.717) is 0 Å². The number of nitrogens with one attached hydrogen (secondary N) is 1. The van der Waals surface area contributed by atoms with Gasteiger partial charge in [0.05, 0.1) is 11.1 Å². The van der Waals surface area contributed by atoms with Crippen molar-refractivity contribution in [3.05, 3.63) is 44.1 Å². The number of rotatable bonds is 3. The van der Waals surface area contributed by atoms with Crippen molar-refractivity contribution in [3.8, 4) is 0 Å². The number of halogens is 2. The van der Waals surface area contributed by atoms with Crippen LogP contribution in [0, 0.1) is 3.57 Å². The van der Waals surface area contributed by atoms with Gasteiger partial charge in [0.15, 0.2) is 0 Å². The Bertz CT molecular complexity index is 772. The number of hydrogen-bond donors (Lipinski definition) is 1. The molecular weight excluding hydrogens is 405 g/mol. The maximum absolute atomic E-state index is 6.02. The highest BCUT2D eigenvalue weighted by molar-refractivity contribution is 14.1. The fourth-order valence-electron chi connectivity index (χ4n) is 1.90. The Morgan fingerprint density at radius 1 is 1.30 bits per heavy atom. The lowest BCUT2D eigenvalue weighted by Gasteiger charge is -2.08. The van der Waals surface area contributed by atoms with Crippen LogP contribution >= 0.6 is 45.5 Å². The average molecular weight is 416 g/mol. The molecule has 0 spiro atoms. The van der Waals surface area contributed by atoms with Gasteiger partial charge in [0.2, 0.25) is 5.28 Å². The van der Waals surface area contributed by atoms with E-state index < -0.39 is 0 Å². The number of nitrogens with zero attached hydrogens (tertiary/aromatic N) is 2. The zero-order valence-corrected chi connectivity index (χ0v) is 14.4. The molecule has 0 aliphatic heterocycles. The summed E-state index contributed by atoms with van der Waals surface area (Å²) in [6.45, 7) is 2.13. The van der Waals surface area contributed by atoms with Crippen LogP contribution in [0.5, 0.6) is 0 Å². The van der Waals surface area contributed by atoms with Gasteiger partial charge in [0.25, 0.3) is 0 Å². The van der Waals surface area contributed by atoms with Crippen molar-refractivity contribution in [1.82, 2.24) is 9.97 Å². The minimum absolute atomic E-state index is 0.274. The third-order valence-corrected chi connectivity index (χ3v) is 5.17. The predicted octanol–water partition coefficient (Wildman–Crippen LogP) is 5.26. The van der Waals surface area contributed by atoms with Gasteiger partial charge >= 0.3 is 0 Å². The number of para-hydroxylation sites is 1. The third-order valence-electron chi connectivity index (χ3n) is 2.89. The Hall–Kier alpha value is -0.920. The average Bonchev–Trinajstić information content (AvgIpc) is 2.84. The molecule has 6 heteroatoms. The van der Waals surface area contributed by atoms with Gasteiger partial charge < -0.3 is 5.32 Å². The van der Waals surface area contributed by atoms with E-state index in [-0.39, 0.29) is 5.28 Å². The molecule has 0 unspecified atom stereocenters. The van der Waals surface area contributed by atoms with Crippen molar-refractivity contribution in [2.45, 2.75) is 13.3 Å². The van der Waals surface area contributed by atoms with E-state index in [1.807, 2.05) is 24.3 Å². The van der Waals surface area contributed by atoms with Crippen LogP contribution in [0.2, 0.25) is 5.28 Å². The van der Waals surface area contributed by atoms with Crippen molar-refractivity contribution < 1.29 is 0 Å². The summed E-state index contributed by atoms with van der Waals surface area (Å²) in [5, 5.41) is 4.65. The summed E-state index contributed by atoms with van der Waals surface area (Å²) in [6, 6.07) is 10.2. The van der Waals surface area contributed by atoms with Crippen LogP contribution in [-0.2, 0) is 6.42 Å². The molecule has 0 bridgehead atoms. The molecule has 3 nitrogen and oxygen atoms in total. The van der Waals surface area contributed by atoms with E-state index in [1.54, 1.807) is 11.3 Å². The van der Waals surface area contributed by atoms with Gasteiger partial charge in [-0.1, -0.05) is 19.1 Å². The number of hydrogen-bond acceptors (Lipinski definition) is 4. The predicted molar refractivity (Wildman–Crippen MR) is 94.2 cm³/mol. The normalized spacial score (nSPS) is 10.9. The van der Waals surface area contributed by atoms with Gasteiger partial charge in [-0.3, -0.25) is 0 Å². The number of thiophene rings is 1. The molecule has 1 aromatic carbocycles. The standard InChI is InChI=1S/C14H11ClIN3S/c1-2-8-7-9-12(18-14(15)19-13(9)20-8)17-11-6-4-3-5-10(11)16/h3-7H,2H2,1H3,(H,17,18,19). The lowest BCUT2D eigenvalue weighted by molar-refractivity contribution is 1.19. The van der Waals surface area contributed by atoms with Crippen molar-refractivity contribution in [2.24, 2.45) is 0 Å². The highest BCUT2D eigenvalue weighted by Crippen LogP contribution is 2.32. The van der Waals surface area contributed by atoms with E-state index in [0.717, 1.165) is 31.7 Å². The fourth-order valence-corrected chi connectivity index (χ4v) is 3.61. The molecule has 0 amide bonds. The van der Waals surface area contributed by atoms with Crippen LogP contribution < -0.4 is 5.32 Å². The SMILES string of the molecule is CCc1cc2c(Nc3ccccc3I)nc(Cl)nc2s1. The second kappa shape index (κ2) is 5.83. The Morgan fingerprint density at radius 3 is 2.85 bits per heavy atom. The molecule has 3 aromatic rings. The largest absolute Gasteiger partial charge is 0.339 e. The summed E-state index contributed by atoms with van der Waals surface area (Å²) in [5.74, 6) is 0.764. The molecule has 0 aliphatic carbocycles. The molecule has 0 saturated heterocycles. The Morgan fingerprint density at radius 2 is 2.10 bits per heavy atom. The second-order valence-electron chi connectivity index (χ2n) is 4.23. The van der Waals surface area contributed by atoms with E-state index in [1.165, 1.54) is 4.88 Å². The summed E-state index contributed by atoms with van der Waals surface area (Å²) in [4.78, 5) is 10.8. The van der Waals surface area contributed by atoms with E-state index in [4.69, 9.17) is 11.6 Å². The Kier molecular flexibility index (Phi) is 4.09. The summed E-state index contributed by atoms with van der Waals surface area (Å²) in [5.41, 5.74) is 1.02. The lowest BCUT2D eigenvalue weighted by Crippen LogP contribution is -1.97. The fraction of sp³-hybridized carbons (Fsp3) is 0.143. The zero-order chi connectivity index (χ0) is 14.1. The molecule has 3 rings (SSSR count). The van der Waals surface area contributed by atoms with Crippen molar-refractivity contribution in [3.63, 3.8) is 0 Å². The molecule has 1 N–H and O–H groups in total. The molecule has 20 heavy (non-hydrogen) atoms. The second-order valence-corrected chi connectivity index (χ2v) is 6.85. The zero-order valence-electron chi connectivity index (χ0n) is 10.7. The maximum Gasteiger partial charge on any atom is 0.225 e. The number of fused-ring (bicyclic) bond motifs is 1. The molecule has 0 saturated carbocycles. The van der Waals surface area contributed by atoms with Gasteiger partial charge in [-0.15, -0.1) is 11.3 Å². The lowest BCUT2D eigenvalue weighted by atomic mass is 10.3. The highest BCUT2D eigenvalue weighted by atomic mass is 127. The van der Waals surface area contributed by atoms with Crippen LogP contribution in [0.4, 0.5) is 11.5 Å². The van der Waals surface area contributed by atoms with Gasteiger partial charge in [-0.2, -0.15) is 4.98 Å². The van der Waals surface area contributed by atoms with E-state index in [9.17, 15) is 0 Å². The van der Waals surface area contributed by atoms with Crippen LogP contribution in [0.25, 0.3) is 10.2 Å². The van der Waals surface area contributed by atoms with Crippen LogP contribution in [0.3, 0.4) is 0 Å². The number of anilines is 2. The van der Waals surface area contributed by atoms with Crippen LogP contribution in [-0.4, -0.2) is 9.97 Å². The monoisotopic (exact) mass is 415 g/mol. The number of benzene rings is 1. The van der Waals surface area contributed by atoms with Crippen LogP contribution in [0.15, 0.2) is 30.3 Å². The van der Waals surface area contributed by atoms with Crippen molar-refractivity contribution >= 4 is 67.3 Å². The van der Waals surface area contributed by atoms with Gasteiger partial charge in [-0.25, -0.2) is 4.98 Å². The molecule has 0 aliphatic rings. The summed E-state index contributed by atoms with van der Waals surface area (Å²) in [7, 11) is 0. The smallest absolute Gasteiger partial charge is 0.225 e. The minimum Gasteiger partial charge on any atom is -0.339 e. The summed E-state index contributed by atoms with van der Waals surface area (Å²) in [6.07, 6.45) is 0.987. The topological polar surface area (TPSA) is 37.8 Å². The van der Waals surface area contributed by atoms with Crippen molar-refractivity contribution in [2.75, 3.05) is 5.32 Å². The first-order valence-corrected chi connectivity index (χ1v) is 8.42. The first-order valence-electron chi connectivity index (χ1n) is 6.15. The first-order chi connectivity index (χ1) is 9.67. The molecular formula is C14H11ClIN3S. The molecule has 2 aromatic heterocycles. The molecule has 0 fully saturated rings. The minimum atomic E-state index is 0.274. The third kappa shape index (κ3) is 2.75.